The third-order valence-corrected chi connectivity index (χ3v) is 7.60. The van der Waals surface area contributed by atoms with E-state index in [9.17, 15) is 4.79 Å². The van der Waals surface area contributed by atoms with Gasteiger partial charge < -0.3 is 10.3 Å². The van der Waals surface area contributed by atoms with Crippen molar-refractivity contribution in [2.75, 3.05) is 5.32 Å². The summed E-state index contributed by atoms with van der Waals surface area (Å²) in [7, 11) is 0. The van der Waals surface area contributed by atoms with E-state index in [0.29, 0.717) is 11.3 Å². The van der Waals surface area contributed by atoms with Crippen molar-refractivity contribution in [3.63, 3.8) is 0 Å². The fourth-order valence-electron chi connectivity index (χ4n) is 5.57. The number of carbonyl (C=O) groups is 1. The number of aromatic nitrogens is 6. The number of rotatable bonds is 5. The van der Waals surface area contributed by atoms with Crippen molar-refractivity contribution in [3.05, 3.63) is 79.4 Å². The number of H-pyrrole nitrogens is 2. The Balaban J connectivity index is 1.23. The molecule has 0 bridgehead atoms. The topological polar surface area (TPSA) is 112 Å². The highest BCUT2D eigenvalue weighted by molar-refractivity contribution is 6.01. The number of hydrogen-bond donors (Lipinski definition) is 3. The zero-order valence-electron chi connectivity index (χ0n) is 21.3. The molecule has 8 heteroatoms. The van der Waals surface area contributed by atoms with Gasteiger partial charge in [-0.2, -0.15) is 5.10 Å². The fourth-order valence-corrected chi connectivity index (χ4v) is 5.57. The SMILES string of the molecule is O=C(Nc1cncc(-c2cnc3n[nH]c(-c4cc5c(-c6ccccn6)cccc5[nH]4)c3c2)c1)C1CCCCC1. The van der Waals surface area contributed by atoms with Crippen LogP contribution in [-0.2, 0) is 4.79 Å². The zero-order chi connectivity index (χ0) is 26.2. The van der Waals surface area contributed by atoms with Crippen LogP contribution >= 0.6 is 0 Å². The van der Waals surface area contributed by atoms with Crippen molar-refractivity contribution in [1.29, 1.82) is 0 Å². The van der Waals surface area contributed by atoms with Crippen molar-refractivity contribution in [2.45, 2.75) is 32.1 Å². The van der Waals surface area contributed by atoms with Crippen LogP contribution in [0.3, 0.4) is 0 Å². The maximum absolute atomic E-state index is 12.8. The van der Waals surface area contributed by atoms with Gasteiger partial charge in [-0.1, -0.05) is 37.5 Å². The van der Waals surface area contributed by atoms with Crippen LogP contribution in [-0.4, -0.2) is 36.0 Å². The first kappa shape index (κ1) is 23.3. The van der Waals surface area contributed by atoms with Gasteiger partial charge in [-0.15, -0.1) is 0 Å². The number of benzene rings is 1. The number of carbonyl (C=O) groups excluding carboxylic acids is 1. The molecule has 5 aromatic heterocycles. The third-order valence-electron chi connectivity index (χ3n) is 7.60. The minimum Gasteiger partial charge on any atom is -0.353 e. The lowest BCUT2D eigenvalue weighted by atomic mass is 9.88. The molecule has 5 heterocycles. The largest absolute Gasteiger partial charge is 0.353 e. The highest BCUT2D eigenvalue weighted by atomic mass is 16.1. The number of nitrogens with one attached hydrogen (secondary N) is 3. The second-order valence-corrected chi connectivity index (χ2v) is 10.1. The van der Waals surface area contributed by atoms with E-state index in [-0.39, 0.29) is 11.8 Å². The molecule has 1 fully saturated rings. The van der Waals surface area contributed by atoms with Gasteiger partial charge in [0.2, 0.25) is 5.91 Å². The molecule has 7 rings (SSSR count). The van der Waals surface area contributed by atoms with Crippen LogP contribution in [0.25, 0.3) is 55.7 Å². The van der Waals surface area contributed by atoms with Crippen LogP contribution in [0.5, 0.6) is 0 Å². The molecule has 0 atom stereocenters. The summed E-state index contributed by atoms with van der Waals surface area (Å²) >= 11 is 0. The molecule has 8 nitrogen and oxygen atoms in total. The Morgan fingerprint density at radius 3 is 2.64 bits per heavy atom. The normalized spacial score (nSPS) is 14.2. The molecule has 0 saturated heterocycles. The highest BCUT2D eigenvalue weighted by Crippen LogP contribution is 2.34. The predicted octanol–water partition coefficient (Wildman–Crippen LogP) is 6.75. The summed E-state index contributed by atoms with van der Waals surface area (Å²) in [5, 5.41) is 12.7. The molecule has 0 spiro atoms. The van der Waals surface area contributed by atoms with E-state index in [2.05, 4.69) is 59.7 Å². The molecule has 0 radical (unpaired) electrons. The first-order chi connectivity index (χ1) is 19.2. The lowest BCUT2D eigenvalue weighted by molar-refractivity contribution is -0.120. The first-order valence-electron chi connectivity index (χ1n) is 13.4. The molecule has 192 valence electrons. The van der Waals surface area contributed by atoms with E-state index >= 15 is 0 Å². The zero-order valence-corrected chi connectivity index (χ0v) is 21.3. The molecule has 6 aromatic rings. The Bertz CT molecular complexity index is 1800. The van der Waals surface area contributed by atoms with Gasteiger partial charge in [-0.05, 0) is 49.2 Å². The van der Waals surface area contributed by atoms with Gasteiger partial charge in [0.05, 0.1) is 29.0 Å². The summed E-state index contributed by atoms with van der Waals surface area (Å²) in [4.78, 5) is 29.9. The number of aromatic amines is 2. The third kappa shape index (κ3) is 4.44. The number of pyridine rings is 3. The van der Waals surface area contributed by atoms with Gasteiger partial charge in [0.25, 0.3) is 0 Å². The number of anilines is 1. The standard InChI is InChI=1S/C31H27N7O/c39-31(19-7-2-1-3-8-19)35-22-13-20(16-32-18-22)21-14-25-29(37-38-30(25)34-17-21)28-15-24-23(9-6-11-27(24)36-28)26-10-4-5-12-33-26/h4-6,9-19,36H,1-3,7-8H2,(H,35,39)(H,34,37,38). The summed E-state index contributed by atoms with van der Waals surface area (Å²) in [6.45, 7) is 0. The number of amides is 1. The Kier molecular flexibility index (Phi) is 5.85. The Morgan fingerprint density at radius 1 is 0.872 bits per heavy atom. The fraction of sp³-hybridized carbons (Fsp3) is 0.194. The first-order valence-corrected chi connectivity index (χ1v) is 13.4. The average Bonchev–Trinajstić information content (AvgIpc) is 3.62. The lowest BCUT2D eigenvalue weighted by Crippen LogP contribution is -2.24. The molecule has 1 aromatic carbocycles. The molecule has 39 heavy (non-hydrogen) atoms. The Labute approximate surface area is 224 Å². The monoisotopic (exact) mass is 513 g/mol. The average molecular weight is 514 g/mol. The molecule has 1 aliphatic rings. The van der Waals surface area contributed by atoms with Crippen LogP contribution in [0.1, 0.15) is 32.1 Å². The second kappa shape index (κ2) is 9.79. The molecule has 1 aliphatic carbocycles. The van der Waals surface area contributed by atoms with Crippen molar-refractivity contribution in [1.82, 2.24) is 30.1 Å². The van der Waals surface area contributed by atoms with Gasteiger partial charge >= 0.3 is 0 Å². The van der Waals surface area contributed by atoms with E-state index in [1.807, 2.05) is 36.5 Å². The molecule has 0 aliphatic heterocycles. The Hall–Kier alpha value is -4.85. The van der Waals surface area contributed by atoms with Gasteiger partial charge in [0.15, 0.2) is 5.65 Å². The maximum Gasteiger partial charge on any atom is 0.227 e. The smallest absolute Gasteiger partial charge is 0.227 e. The summed E-state index contributed by atoms with van der Waals surface area (Å²) < 4.78 is 0. The van der Waals surface area contributed by atoms with Crippen molar-refractivity contribution in [3.8, 4) is 33.8 Å². The minimum atomic E-state index is 0.0863. The molecule has 1 saturated carbocycles. The van der Waals surface area contributed by atoms with Crippen LogP contribution in [0.4, 0.5) is 5.69 Å². The summed E-state index contributed by atoms with van der Waals surface area (Å²) in [5.41, 5.74) is 7.90. The number of nitrogens with zero attached hydrogens (tertiary/aromatic N) is 4. The van der Waals surface area contributed by atoms with Crippen LogP contribution in [0.2, 0.25) is 0 Å². The molecule has 1 amide bonds. The van der Waals surface area contributed by atoms with Gasteiger partial charge in [-0.3, -0.25) is 19.9 Å². The second-order valence-electron chi connectivity index (χ2n) is 10.1. The van der Waals surface area contributed by atoms with Gasteiger partial charge in [0, 0.05) is 57.5 Å². The Morgan fingerprint density at radius 2 is 1.77 bits per heavy atom. The summed E-state index contributed by atoms with van der Waals surface area (Å²) in [6, 6.07) is 18.3. The van der Waals surface area contributed by atoms with Crippen LogP contribution < -0.4 is 5.32 Å². The highest BCUT2D eigenvalue weighted by Gasteiger charge is 2.21. The van der Waals surface area contributed by atoms with Crippen molar-refractivity contribution in [2.24, 2.45) is 5.92 Å². The van der Waals surface area contributed by atoms with Crippen LogP contribution in [0.15, 0.2) is 79.4 Å². The lowest BCUT2D eigenvalue weighted by Gasteiger charge is -2.20. The van der Waals surface area contributed by atoms with E-state index in [1.54, 1.807) is 18.6 Å². The molecular formula is C31H27N7O. The minimum absolute atomic E-state index is 0.0863. The van der Waals surface area contributed by atoms with E-state index < -0.39 is 0 Å². The summed E-state index contributed by atoms with van der Waals surface area (Å²) in [6.07, 6.45) is 12.5. The molecule has 0 unspecified atom stereocenters. The number of fused-ring (bicyclic) bond motifs is 2. The van der Waals surface area contributed by atoms with Gasteiger partial charge in [-0.25, -0.2) is 4.98 Å². The van der Waals surface area contributed by atoms with Gasteiger partial charge in [0.1, 0.15) is 0 Å². The van der Waals surface area contributed by atoms with E-state index in [1.165, 1.54) is 6.42 Å². The van der Waals surface area contributed by atoms with Crippen LogP contribution in [0, 0.1) is 5.92 Å². The van der Waals surface area contributed by atoms with Crippen molar-refractivity contribution >= 4 is 33.5 Å². The van der Waals surface area contributed by atoms with E-state index in [0.717, 1.165) is 75.7 Å². The quantitative estimate of drug-likeness (QED) is 0.236. The van der Waals surface area contributed by atoms with Crippen molar-refractivity contribution < 1.29 is 4.79 Å². The molecule has 3 N–H and O–H groups in total. The van der Waals surface area contributed by atoms with E-state index in [4.69, 9.17) is 0 Å². The summed E-state index contributed by atoms with van der Waals surface area (Å²) in [5.74, 6) is 0.173. The predicted molar refractivity (Wildman–Crippen MR) is 153 cm³/mol. The number of hydrogen-bond acceptors (Lipinski definition) is 5. The maximum atomic E-state index is 12.8. The molecular weight excluding hydrogens is 486 g/mol.